The molecule has 0 radical (unpaired) electrons. The molecule has 0 aliphatic rings. The molecule has 0 aliphatic heterocycles. The van der Waals surface area contributed by atoms with Crippen molar-refractivity contribution in [3.05, 3.63) is 12.7 Å². The van der Waals surface area contributed by atoms with E-state index in [9.17, 15) is 9.59 Å². The van der Waals surface area contributed by atoms with Crippen LogP contribution in [0.5, 0.6) is 0 Å². The number of nitrogens with zero attached hydrogens (tertiary/aromatic N) is 4. The van der Waals surface area contributed by atoms with Gasteiger partial charge in [-0.05, 0) is 12.8 Å². The number of aromatic nitrogens is 4. The Hall–Kier alpha value is -2.75. The molecule has 10 heteroatoms. The van der Waals surface area contributed by atoms with E-state index in [1.807, 2.05) is 0 Å². The Bertz CT molecular complexity index is 1160. The maximum atomic E-state index is 12.6. The first-order valence-corrected chi connectivity index (χ1v) is 22.9. The van der Waals surface area contributed by atoms with E-state index in [2.05, 4.69) is 28.8 Å². The van der Waals surface area contributed by atoms with Crippen molar-refractivity contribution in [3.63, 3.8) is 0 Å². The summed E-state index contributed by atoms with van der Waals surface area (Å²) in [5, 5.41) is 0. The monoisotopic (exact) mass is 772 g/mol. The molecule has 0 atom stereocenters. The molecular formula is C45H81N5O5. The van der Waals surface area contributed by atoms with Gasteiger partial charge in [0.25, 0.3) is 0 Å². The standard InChI is InChI=1S/C45H81N5O5/c1-3-5-7-9-11-13-15-17-19-21-23-25-27-29-31-33-41(51)53-35-40(55-39-50-38-49-43-44(46)47-37-48-45(43)50)36-54-42(52)34-32-30-28-26-24-22-20-18-16-14-12-10-8-6-4-2/h37-38,40H,3-36,39H2,1-2H3,(H2,46,47,48). The Balaban J connectivity index is 1.58. The number of fused-ring (bicyclic) bond motifs is 1. The Labute approximate surface area is 335 Å². The number of hydrogen-bond donors (Lipinski definition) is 1. The lowest BCUT2D eigenvalue weighted by molar-refractivity contribution is -0.157. The maximum Gasteiger partial charge on any atom is 0.305 e. The van der Waals surface area contributed by atoms with E-state index >= 15 is 0 Å². The highest BCUT2D eigenvalue weighted by molar-refractivity contribution is 5.81. The van der Waals surface area contributed by atoms with Crippen molar-refractivity contribution in [3.8, 4) is 0 Å². The fourth-order valence-electron chi connectivity index (χ4n) is 7.12. The molecule has 2 aromatic heterocycles. The topological polar surface area (TPSA) is 131 Å². The second-order valence-electron chi connectivity index (χ2n) is 15.8. The smallest absolute Gasteiger partial charge is 0.305 e. The van der Waals surface area contributed by atoms with Crippen LogP contribution in [0.3, 0.4) is 0 Å². The highest BCUT2D eigenvalue weighted by Crippen LogP contribution is 2.17. The van der Waals surface area contributed by atoms with Crippen molar-refractivity contribution < 1.29 is 23.8 Å². The van der Waals surface area contributed by atoms with Crippen LogP contribution in [0.4, 0.5) is 5.82 Å². The van der Waals surface area contributed by atoms with Crippen molar-refractivity contribution in [2.45, 2.75) is 232 Å². The molecule has 0 fully saturated rings. The van der Waals surface area contributed by atoms with Gasteiger partial charge < -0.3 is 19.9 Å². The van der Waals surface area contributed by atoms with Gasteiger partial charge in [-0.1, -0.05) is 194 Å². The summed E-state index contributed by atoms with van der Waals surface area (Å²) in [6.45, 7) is 4.65. The molecule has 0 bridgehead atoms. The third-order valence-corrected chi connectivity index (χ3v) is 10.7. The van der Waals surface area contributed by atoms with E-state index < -0.39 is 6.10 Å². The van der Waals surface area contributed by atoms with Gasteiger partial charge in [0.05, 0.1) is 6.33 Å². The number of carbonyl (C=O) groups excluding carboxylic acids is 2. The minimum absolute atomic E-state index is 0.00750. The summed E-state index contributed by atoms with van der Waals surface area (Å²) < 4.78 is 19.0. The van der Waals surface area contributed by atoms with Crippen molar-refractivity contribution in [1.82, 2.24) is 19.5 Å². The Morgan fingerprint density at radius 2 is 0.909 bits per heavy atom. The summed E-state index contributed by atoms with van der Waals surface area (Å²) in [6.07, 6.45) is 41.5. The van der Waals surface area contributed by atoms with E-state index in [1.165, 1.54) is 160 Å². The molecule has 2 rings (SSSR count). The number of hydrogen-bond acceptors (Lipinski definition) is 9. The SMILES string of the molecule is CCCCCCCCCCCCCCCCCC(=O)OCC(COC(=O)CCCCCCCCCCCCCCCCC)OCn1cnc2c(N)ncnc21. The van der Waals surface area contributed by atoms with Crippen molar-refractivity contribution >= 4 is 28.9 Å². The van der Waals surface area contributed by atoms with Crippen LogP contribution >= 0.6 is 0 Å². The van der Waals surface area contributed by atoms with Gasteiger partial charge in [0.1, 0.15) is 37.9 Å². The van der Waals surface area contributed by atoms with E-state index in [0.717, 1.165) is 38.5 Å². The van der Waals surface area contributed by atoms with Crippen LogP contribution in [0.25, 0.3) is 11.2 Å². The Kier molecular flexibility index (Phi) is 30.4. The number of imidazole rings is 1. The molecule has 2 N–H and O–H groups in total. The second-order valence-corrected chi connectivity index (χ2v) is 15.8. The number of anilines is 1. The molecule has 10 nitrogen and oxygen atoms in total. The molecule has 55 heavy (non-hydrogen) atoms. The third-order valence-electron chi connectivity index (χ3n) is 10.7. The van der Waals surface area contributed by atoms with Crippen LogP contribution in [0, 0.1) is 0 Å². The van der Waals surface area contributed by atoms with Gasteiger partial charge in [-0.15, -0.1) is 0 Å². The third kappa shape index (κ3) is 25.9. The molecule has 0 aromatic carbocycles. The summed E-state index contributed by atoms with van der Waals surface area (Å²) in [5.41, 5.74) is 6.97. The lowest BCUT2D eigenvalue weighted by Crippen LogP contribution is -2.29. The molecule has 2 aromatic rings. The van der Waals surface area contributed by atoms with Gasteiger partial charge in [0, 0.05) is 12.8 Å². The van der Waals surface area contributed by atoms with Gasteiger partial charge in [-0.25, -0.2) is 15.0 Å². The zero-order chi connectivity index (χ0) is 39.4. The van der Waals surface area contributed by atoms with Crippen molar-refractivity contribution in [2.24, 2.45) is 0 Å². The molecule has 0 spiro atoms. The lowest BCUT2D eigenvalue weighted by atomic mass is 10.0. The predicted molar refractivity (Wildman–Crippen MR) is 226 cm³/mol. The van der Waals surface area contributed by atoms with Crippen molar-refractivity contribution in [2.75, 3.05) is 18.9 Å². The molecule has 2 heterocycles. The quantitative estimate of drug-likeness (QED) is 0.0521. The molecular weight excluding hydrogens is 691 g/mol. The molecule has 0 saturated carbocycles. The molecule has 0 aliphatic carbocycles. The number of ether oxygens (including phenoxy) is 3. The van der Waals surface area contributed by atoms with Crippen molar-refractivity contribution in [1.29, 1.82) is 0 Å². The minimum Gasteiger partial charge on any atom is -0.463 e. The van der Waals surface area contributed by atoms with Gasteiger partial charge in [-0.2, -0.15) is 0 Å². The van der Waals surface area contributed by atoms with E-state index in [4.69, 9.17) is 19.9 Å². The van der Waals surface area contributed by atoms with Crippen LogP contribution < -0.4 is 5.73 Å². The average Bonchev–Trinajstić information content (AvgIpc) is 3.61. The zero-order valence-electron chi connectivity index (χ0n) is 35.4. The summed E-state index contributed by atoms with van der Waals surface area (Å²) in [5.74, 6) is -0.206. The number of nitrogens with two attached hydrogens (primary N) is 1. The number of rotatable bonds is 39. The highest BCUT2D eigenvalue weighted by atomic mass is 16.6. The molecule has 0 amide bonds. The normalized spacial score (nSPS) is 11.5. The lowest BCUT2D eigenvalue weighted by Gasteiger charge is -2.18. The van der Waals surface area contributed by atoms with E-state index in [0.29, 0.717) is 29.8 Å². The van der Waals surface area contributed by atoms with Gasteiger partial charge in [0.15, 0.2) is 11.5 Å². The van der Waals surface area contributed by atoms with Crippen LogP contribution in [0.2, 0.25) is 0 Å². The average molecular weight is 772 g/mol. The fourth-order valence-corrected chi connectivity index (χ4v) is 7.12. The van der Waals surface area contributed by atoms with Crippen LogP contribution in [-0.4, -0.2) is 50.8 Å². The molecule has 316 valence electrons. The largest absolute Gasteiger partial charge is 0.463 e. The predicted octanol–water partition coefficient (Wildman–Crippen LogP) is 12.4. The van der Waals surface area contributed by atoms with E-state index in [-0.39, 0.29) is 31.9 Å². The second kappa shape index (κ2) is 34.5. The minimum atomic E-state index is -0.619. The Morgan fingerprint density at radius 3 is 1.29 bits per heavy atom. The number of esters is 2. The van der Waals surface area contributed by atoms with Crippen LogP contribution in [-0.2, 0) is 30.5 Å². The van der Waals surface area contributed by atoms with Gasteiger partial charge in [0.2, 0.25) is 0 Å². The van der Waals surface area contributed by atoms with Gasteiger partial charge >= 0.3 is 11.9 Å². The van der Waals surface area contributed by atoms with Gasteiger partial charge in [-0.3, -0.25) is 14.2 Å². The van der Waals surface area contributed by atoms with E-state index in [1.54, 1.807) is 10.9 Å². The summed E-state index contributed by atoms with van der Waals surface area (Å²) in [6, 6.07) is 0. The first kappa shape index (κ1) is 48.4. The molecule has 0 saturated heterocycles. The number of unbranched alkanes of at least 4 members (excludes halogenated alkanes) is 28. The first-order valence-electron chi connectivity index (χ1n) is 22.9. The first-order chi connectivity index (χ1) is 27.0. The summed E-state index contributed by atoms with van der Waals surface area (Å²) in [7, 11) is 0. The summed E-state index contributed by atoms with van der Waals surface area (Å²) in [4.78, 5) is 37.7. The fraction of sp³-hybridized carbons (Fsp3) is 0.844. The maximum absolute atomic E-state index is 12.6. The van der Waals surface area contributed by atoms with Crippen LogP contribution in [0.1, 0.15) is 219 Å². The Morgan fingerprint density at radius 1 is 0.545 bits per heavy atom. The number of nitrogen functional groups attached to an aromatic ring is 1. The van der Waals surface area contributed by atoms with Crippen LogP contribution in [0.15, 0.2) is 12.7 Å². The highest BCUT2D eigenvalue weighted by Gasteiger charge is 2.17. The number of carbonyl (C=O) groups is 2. The molecule has 0 unspecified atom stereocenters. The zero-order valence-corrected chi connectivity index (χ0v) is 35.4. The summed E-state index contributed by atoms with van der Waals surface area (Å²) >= 11 is 0.